The normalized spacial score (nSPS) is 19.5. The molecule has 0 radical (unpaired) electrons. The van der Waals surface area contributed by atoms with E-state index >= 15 is 0 Å². The summed E-state index contributed by atoms with van der Waals surface area (Å²) in [5.41, 5.74) is 18.8. The summed E-state index contributed by atoms with van der Waals surface area (Å²) >= 11 is 0. The van der Waals surface area contributed by atoms with Crippen LogP contribution in [0.25, 0.3) is 10.9 Å². The van der Waals surface area contributed by atoms with Crippen LogP contribution in [-0.2, 0) is 14.4 Å². The molecule has 1 aromatic carbocycles. The molecule has 2 heterocycles. The van der Waals surface area contributed by atoms with Crippen molar-refractivity contribution in [2.45, 2.75) is 31.0 Å². The number of aromatic nitrogens is 1. The Hall–Kier alpha value is -3.08. The van der Waals surface area contributed by atoms with Gasteiger partial charge in [-0.25, -0.2) is 0 Å². The van der Waals surface area contributed by atoms with E-state index in [1.807, 2.05) is 24.3 Å². The predicted molar refractivity (Wildman–Crippen MR) is 113 cm³/mol. The first kappa shape index (κ1) is 21.6. The van der Waals surface area contributed by atoms with Crippen LogP contribution >= 0.6 is 0 Å². The number of nitrogens with one attached hydrogen (secondary N) is 2. The third kappa shape index (κ3) is 5.50. The molecule has 0 bridgehead atoms. The summed E-state index contributed by atoms with van der Waals surface area (Å²) < 4.78 is 0. The Labute approximate surface area is 174 Å². The number of fused-ring (bicyclic) bond motifs is 1. The maximum Gasteiger partial charge on any atom is 0.243 e. The lowest BCUT2D eigenvalue weighted by Gasteiger charge is -2.17. The van der Waals surface area contributed by atoms with Crippen molar-refractivity contribution in [2.24, 2.45) is 17.2 Å². The number of hydrogen-bond acceptors (Lipinski definition) is 7. The van der Waals surface area contributed by atoms with Gasteiger partial charge in [0.05, 0.1) is 30.0 Å². The maximum absolute atomic E-state index is 12.2. The van der Waals surface area contributed by atoms with Crippen molar-refractivity contribution in [1.29, 1.82) is 0 Å². The van der Waals surface area contributed by atoms with E-state index in [9.17, 15) is 14.4 Å². The quantitative estimate of drug-likeness (QED) is 0.383. The Balaban J connectivity index is 1.40. The number of benzene rings is 1. The number of carbonyl (C=O) groups excluding carboxylic acids is 3. The van der Waals surface area contributed by atoms with Gasteiger partial charge in [0.1, 0.15) is 0 Å². The van der Waals surface area contributed by atoms with Crippen LogP contribution in [0.3, 0.4) is 0 Å². The topological polar surface area (TPSA) is 169 Å². The van der Waals surface area contributed by atoms with Crippen LogP contribution in [0.15, 0.2) is 36.5 Å². The fourth-order valence-corrected chi connectivity index (χ4v) is 3.27. The molecular weight excluding hydrogens is 386 g/mol. The lowest BCUT2D eigenvalue weighted by atomic mass is 10.1. The maximum atomic E-state index is 12.2. The second kappa shape index (κ2) is 9.61. The molecule has 0 spiro atoms. The Kier molecular flexibility index (Phi) is 6.93. The fraction of sp³-hybridized carbons (Fsp3) is 0.400. The first-order chi connectivity index (χ1) is 14.3. The van der Waals surface area contributed by atoms with Crippen molar-refractivity contribution in [3.63, 3.8) is 0 Å². The van der Waals surface area contributed by atoms with Gasteiger partial charge in [0, 0.05) is 37.0 Å². The van der Waals surface area contributed by atoms with Gasteiger partial charge in [-0.3, -0.25) is 19.4 Å². The Bertz CT molecular complexity index is 926. The molecule has 1 saturated heterocycles. The summed E-state index contributed by atoms with van der Waals surface area (Å²) in [5.74, 6) is -1.03. The van der Waals surface area contributed by atoms with Gasteiger partial charge >= 0.3 is 0 Å². The number of rotatable bonds is 7. The molecule has 8 N–H and O–H groups in total. The van der Waals surface area contributed by atoms with Gasteiger partial charge in [0.25, 0.3) is 0 Å². The zero-order valence-corrected chi connectivity index (χ0v) is 16.6. The van der Waals surface area contributed by atoms with E-state index in [0.717, 1.165) is 10.9 Å². The van der Waals surface area contributed by atoms with Crippen molar-refractivity contribution < 1.29 is 14.4 Å². The van der Waals surface area contributed by atoms with Crippen LogP contribution in [0.1, 0.15) is 12.8 Å². The molecule has 10 nitrogen and oxygen atoms in total. The second-order valence-electron chi connectivity index (χ2n) is 7.45. The number of pyridine rings is 1. The van der Waals surface area contributed by atoms with E-state index in [1.165, 1.54) is 0 Å². The molecule has 3 rings (SSSR count). The van der Waals surface area contributed by atoms with Crippen molar-refractivity contribution in [2.75, 3.05) is 25.0 Å². The van der Waals surface area contributed by atoms with Gasteiger partial charge in [-0.15, -0.1) is 0 Å². The number of hydrogen-bond donors (Lipinski definition) is 5. The van der Waals surface area contributed by atoms with Gasteiger partial charge in [-0.1, -0.05) is 18.2 Å². The van der Waals surface area contributed by atoms with Gasteiger partial charge < -0.3 is 32.7 Å². The minimum atomic E-state index is -0.894. The molecule has 30 heavy (non-hydrogen) atoms. The van der Waals surface area contributed by atoms with Crippen LogP contribution in [0.5, 0.6) is 0 Å². The first-order valence-electron chi connectivity index (χ1n) is 9.80. The van der Waals surface area contributed by atoms with E-state index in [2.05, 4.69) is 15.6 Å². The molecule has 3 amide bonds. The highest BCUT2D eigenvalue weighted by Gasteiger charge is 2.30. The average molecular weight is 413 g/mol. The summed E-state index contributed by atoms with van der Waals surface area (Å²) in [5, 5.41) is 6.06. The summed E-state index contributed by atoms with van der Waals surface area (Å²) in [6.45, 7) is 0.583. The van der Waals surface area contributed by atoms with Crippen LogP contribution in [0.4, 0.5) is 5.69 Å². The molecule has 2 aromatic rings. The number of carbonyl (C=O) groups is 3. The zero-order chi connectivity index (χ0) is 21.7. The SMILES string of the molecule is NC(CCC(=O)N1CC(N)C(N)C1)C(=O)NCC(=O)Nc1cnc2ccccc2c1. The fourth-order valence-electron chi connectivity index (χ4n) is 3.27. The average Bonchev–Trinajstić information content (AvgIpc) is 3.08. The number of nitrogens with zero attached hydrogens (tertiary/aromatic N) is 2. The molecule has 0 aliphatic carbocycles. The first-order valence-corrected chi connectivity index (χ1v) is 9.80. The molecule has 3 unspecified atom stereocenters. The van der Waals surface area contributed by atoms with E-state index < -0.39 is 17.9 Å². The standard InChI is InChI=1S/C20H27N7O3/c21-14(5-6-19(29)27-10-15(22)16(23)11-27)20(30)25-9-18(28)26-13-7-12-3-1-2-4-17(12)24-8-13/h1-4,7-8,14-16H,5-6,9-11,21-23H2,(H,25,30)(H,26,28). The van der Waals surface area contributed by atoms with Crippen molar-refractivity contribution in [3.05, 3.63) is 36.5 Å². The predicted octanol–water partition coefficient (Wildman–Crippen LogP) is -1.11. The largest absolute Gasteiger partial charge is 0.346 e. The highest BCUT2D eigenvalue weighted by molar-refractivity contribution is 5.96. The lowest BCUT2D eigenvalue weighted by Crippen LogP contribution is -2.44. The Morgan fingerprint density at radius 1 is 1.17 bits per heavy atom. The monoisotopic (exact) mass is 413 g/mol. The third-order valence-corrected chi connectivity index (χ3v) is 5.07. The Morgan fingerprint density at radius 3 is 2.60 bits per heavy atom. The molecule has 1 aliphatic heterocycles. The number of anilines is 1. The summed E-state index contributed by atoms with van der Waals surface area (Å²) in [6.07, 6.45) is 1.83. The molecular formula is C20H27N7O3. The van der Waals surface area contributed by atoms with E-state index in [4.69, 9.17) is 17.2 Å². The van der Waals surface area contributed by atoms with E-state index in [-0.39, 0.29) is 37.4 Å². The minimum absolute atomic E-state index is 0.114. The molecule has 10 heteroatoms. The van der Waals surface area contributed by atoms with Crippen LogP contribution in [0.2, 0.25) is 0 Å². The van der Waals surface area contributed by atoms with Crippen molar-refractivity contribution in [3.8, 4) is 0 Å². The number of para-hydroxylation sites is 1. The molecule has 160 valence electrons. The van der Waals surface area contributed by atoms with Gasteiger partial charge in [0.2, 0.25) is 17.7 Å². The number of amides is 3. The lowest BCUT2D eigenvalue weighted by molar-refractivity contribution is -0.131. The summed E-state index contributed by atoms with van der Waals surface area (Å²) in [4.78, 5) is 42.3. The molecule has 1 fully saturated rings. The number of likely N-dealkylation sites (tertiary alicyclic amines) is 1. The molecule has 1 aromatic heterocycles. The molecule has 1 aliphatic rings. The summed E-state index contributed by atoms with van der Waals surface area (Å²) in [7, 11) is 0. The second-order valence-corrected chi connectivity index (χ2v) is 7.45. The summed E-state index contributed by atoms with van der Waals surface area (Å²) in [6, 6.07) is 7.97. The van der Waals surface area contributed by atoms with Gasteiger partial charge in [-0.2, -0.15) is 0 Å². The van der Waals surface area contributed by atoms with Crippen molar-refractivity contribution >= 4 is 34.3 Å². The zero-order valence-electron chi connectivity index (χ0n) is 16.6. The minimum Gasteiger partial charge on any atom is -0.346 e. The smallest absolute Gasteiger partial charge is 0.243 e. The van der Waals surface area contributed by atoms with Crippen molar-refractivity contribution in [1.82, 2.24) is 15.2 Å². The highest BCUT2D eigenvalue weighted by Crippen LogP contribution is 2.15. The van der Waals surface area contributed by atoms with Crippen LogP contribution in [-0.4, -0.2) is 65.4 Å². The highest BCUT2D eigenvalue weighted by atomic mass is 16.2. The molecule has 3 atom stereocenters. The van der Waals surface area contributed by atoms with Crippen LogP contribution in [0, 0.1) is 0 Å². The third-order valence-electron chi connectivity index (χ3n) is 5.07. The molecule has 0 saturated carbocycles. The van der Waals surface area contributed by atoms with E-state index in [0.29, 0.717) is 18.8 Å². The van der Waals surface area contributed by atoms with Gasteiger partial charge in [0.15, 0.2) is 0 Å². The van der Waals surface area contributed by atoms with Gasteiger partial charge in [-0.05, 0) is 18.6 Å². The van der Waals surface area contributed by atoms with E-state index in [1.54, 1.807) is 17.2 Å². The Morgan fingerprint density at radius 2 is 1.87 bits per heavy atom. The number of nitrogens with two attached hydrogens (primary N) is 3. The van der Waals surface area contributed by atoms with Crippen LogP contribution < -0.4 is 27.8 Å².